The second-order valence-electron chi connectivity index (χ2n) is 5.38. The first-order chi connectivity index (χ1) is 12.1. The summed E-state index contributed by atoms with van der Waals surface area (Å²) in [5, 5.41) is 0. The largest absolute Gasteiger partial charge is 0.473 e. The van der Waals surface area contributed by atoms with Gasteiger partial charge in [-0.15, -0.1) is 0 Å². The summed E-state index contributed by atoms with van der Waals surface area (Å²) in [5.74, 6) is -33.9. The molecule has 0 fully saturated rings. The van der Waals surface area contributed by atoms with E-state index < -0.39 is 47.5 Å². The lowest BCUT2D eigenvalue weighted by molar-refractivity contribution is -0.460. The molecule has 0 saturated heterocycles. The summed E-state index contributed by atoms with van der Waals surface area (Å²) >= 11 is 0. The normalized spacial score (nSPS) is 15.6. The van der Waals surface area contributed by atoms with Crippen LogP contribution >= 0.6 is 0 Å². The Kier molecular flexibility index (Phi) is 7.15. The smallest absolute Gasteiger partial charge is 0.393 e. The fourth-order valence-electron chi connectivity index (χ4n) is 1.46. The standard InChI is InChI=1S/C13H11F13O2/c1-3-4-5-6(2)7(27)28-13(25,26)11(20,21)9(16,17)8(14,15)10(18,19)12(22,23)24/h5H,3-4H2,1-2H3. The minimum absolute atomic E-state index is 0.0189. The van der Waals surface area contributed by atoms with E-state index in [9.17, 15) is 61.9 Å². The van der Waals surface area contributed by atoms with E-state index in [-0.39, 0.29) is 12.8 Å². The molecule has 0 unspecified atom stereocenters. The van der Waals surface area contributed by atoms with Crippen LogP contribution in [0.5, 0.6) is 0 Å². The molecule has 0 rings (SSSR count). The fourth-order valence-corrected chi connectivity index (χ4v) is 1.46. The van der Waals surface area contributed by atoms with Crippen LogP contribution in [0.1, 0.15) is 26.7 Å². The molecular formula is C13H11F13O2. The Balaban J connectivity index is 6.09. The summed E-state index contributed by atoms with van der Waals surface area (Å²) in [6, 6.07) is 0. The molecule has 0 bridgehead atoms. The van der Waals surface area contributed by atoms with E-state index in [0.717, 1.165) is 6.08 Å². The number of hydrogen-bond acceptors (Lipinski definition) is 2. The number of alkyl halides is 13. The van der Waals surface area contributed by atoms with Gasteiger partial charge in [0.2, 0.25) is 0 Å². The van der Waals surface area contributed by atoms with E-state index in [0.29, 0.717) is 6.92 Å². The average molecular weight is 446 g/mol. The zero-order valence-corrected chi connectivity index (χ0v) is 13.7. The molecule has 0 aliphatic heterocycles. The van der Waals surface area contributed by atoms with Crippen LogP contribution in [0.4, 0.5) is 57.1 Å². The lowest BCUT2D eigenvalue weighted by Crippen LogP contribution is -2.70. The number of hydrogen-bond donors (Lipinski definition) is 0. The Morgan fingerprint density at radius 3 is 1.50 bits per heavy atom. The van der Waals surface area contributed by atoms with Gasteiger partial charge in [-0.25, -0.2) is 4.79 Å². The average Bonchev–Trinajstić information content (AvgIpc) is 2.50. The van der Waals surface area contributed by atoms with Gasteiger partial charge in [-0.05, 0) is 13.3 Å². The highest BCUT2D eigenvalue weighted by Gasteiger charge is 2.91. The molecule has 28 heavy (non-hydrogen) atoms. The number of carbonyl (C=O) groups excluding carboxylic acids is 1. The number of halogens is 13. The molecule has 0 aromatic rings. The maximum Gasteiger partial charge on any atom is 0.473 e. The van der Waals surface area contributed by atoms with Crippen molar-refractivity contribution in [2.24, 2.45) is 0 Å². The third kappa shape index (κ3) is 4.16. The van der Waals surface area contributed by atoms with Gasteiger partial charge in [-0.1, -0.05) is 19.4 Å². The SMILES string of the molecule is CCCC=C(C)C(=O)OC(F)(F)C(F)(F)C(F)(F)C(F)(F)C(F)(F)C(F)(F)F. The lowest BCUT2D eigenvalue weighted by Gasteiger charge is -2.38. The van der Waals surface area contributed by atoms with Gasteiger partial charge < -0.3 is 4.74 Å². The van der Waals surface area contributed by atoms with Crippen molar-refractivity contribution >= 4 is 5.97 Å². The van der Waals surface area contributed by atoms with E-state index in [1.807, 2.05) is 0 Å². The van der Waals surface area contributed by atoms with Crippen molar-refractivity contribution in [1.29, 1.82) is 0 Å². The van der Waals surface area contributed by atoms with Crippen molar-refractivity contribution < 1.29 is 66.6 Å². The fraction of sp³-hybridized carbons (Fsp3) is 0.769. The van der Waals surface area contributed by atoms with Gasteiger partial charge >= 0.3 is 41.9 Å². The molecule has 0 aliphatic rings. The van der Waals surface area contributed by atoms with Crippen LogP contribution in [0, 0.1) is 0 Å². The third-order valence-corrected chi connectivity index (χ3v) is 3.19. The molecule has 166 valence electrons. The van der Waals surface area contributed by atoms with Crippen molar-refractivity contribution in [3.63, 3.8) is 0 Å². The van der Waals surface area contributed by atoms with Gasteiger partial charge in [0.25, 0.3) is 0 Å². The summed E-state index contributed by atoms with van der Waals surface area (Å²) < 4.78 is 169. The maximum absolute atomic E-state index is 13.3. The molecule has 2 nitrogen and oxygen atoms in total. The first-order valence-corrected chi connectivity index (χ1v) is 6.97. The predicted octanol–water partition coefficient (Wildman–Crippen LogP) is 5.97. The van der Waals surface area contributed by atoms with Gasteiger partial charge in [0.1, 0.15) is 0 Å². The van der Waals surface area contributed by atoms with Crippen molar-refractivity contribution in [2.75, 3.05) is 0 Å². The Morgan fingerprint density at radius 1 is 0.750 bits per heavy atom. The van der Waals surface area contributed by atoms with E-state index >= 15 is 0 Å². The van der Waals surface area contributed by atoms with Crippen LogP contribution in [-0.4, -0.2) is 41.9 Å². The number of allylic oxidation sites excluding steroid dienone is 1. The molecule has 0 N–H and O–H groups in total. The number of carbonyl (C=O) groups is 1. The monoisotopic (exact) mass is 446 g/mol. The summed E-state index contributed by atoms with van der Waals surface area (Å²) in [4.78, 5) is 11.2. The molecule has 0 atom stereocenters. The molecule has 0 aromatic carbocycles. The first-order valence-electron chi connectivity index (χ1n) is 6.97. The van der Waals surface area contributed by atoms with Gasteiger partial charge in [0, 0.05) is 5.57 Å². The second kappa shape index (κ2) is 7.61. The van der Waals surface area contributed by atoms with Crippen molar-refractivity contribution in [1.82, 2.24) is 0 Å². The second-order valence-corrected chi connectivity index (χ2v) is 5.38. The van der Waals surface area contributed by atoms with E-state index in [4.69, 9.17) is 0 Å². The van der Waals surface area contributed by atoms with Crippen molar-refractivity contribution in [3.8, 4) is 0 Å². The van der Waals surface area contributed by atoms with Gasteiger partial charge in [-0.2, -0.15) is 57.1 Å². The van der Waals surface area contributed by atoms with Crippen LogP contribution in [0.15, 0.2) is 11.6 Å². The highest BCUT2D eigenvalue weighted by molar-refractivity contribution is 5.87. The zero-order valence-electron chi connectivity index (χ0n) is 13.7. The van der Waals surface area contributed by atoms with Crippen LogP contribution in [0.2, 0.25) is 0 Å². The maximum atomic E-state index is 13.3. The molecule has 0 aromatic heterocycles. The molecule has 0 aliphatic carbocycles. The van der Waals surface area contributed by atoms with Crippen molar-refractivity contribution in [2.45, 2.75) is 62.7 Å². The van der Waals surface area contributed by atoms with Crippen molar-refractivity contribution in [3.05, 3.63) is 11.6 Å². The molecule has 0 radical (unpaired) electrons. The molecule has 0 spiro atoms. The third-order valence-electron chi connectivity index (χ3n) is 3.19. The minimum atomic E-state index is -8.04. The summed E-state index contributed by atoms with van der Waals surface area (Å²) in [7, 11) is 0. The Bertz CT molecular complexity index is 604. The highest BCUT2D eigenvalue weighted by atomic mass is 19.4. The van der Waals surface area contributed by atoms with Crippen LogP contribution in [-0.2, 0) is 9.53 Å². The Morgan fingerprint density at radius 2 is 1.14 bits per heavy atom. The van der Waals surface area contributed by atoms with Gasteiger partial charge in [-0.3, -0.25) is 0 Å². The molecular weight excluding hydrogens is 435 g/mol. The van der Waals surface area contributed by atoms with Gasteiger partial charge in [0.05, 0.1) is 0 Å². The summed E-state index contributed by atoms with van der Waals surface area (Å²) in [5.41, 5.74) is -0.868. The van der Waals surface area contributed by atoms with Crippen LogP contribution in [0.3, 0.4) is 0 Å². The van der Waals surface area contributed by atoms with E-state index in [2.05, 4.69) is 4.74 Å². The Hall–Kier alpha value is -1.70. The molecule has 0 heterocycles. The number of unbranched alkanes of at least 4 members (excludes halogenated alkanes) is 1. The molecule has 0 amide bonds. The predicted molar refractivity (Wildman–Crippen MR) is 65.5 cm³/mol. The number of ether oxygens (including phenoxy) is 1. The number of rotatable bonds is 8. The number of esters is 1. The molecule has 0 saturated carbocycles. The molecule has 15 heteroatoms. The lowest BCUT2D eigenvalue weighted by atomic mass is 9.97. The highest BCUT2D eigenvalue weighted by Crippen LogP contribution is 2.60. The summed E-state index contributed by atoms with van der Waals surface area (Å²) in [6.45, 7) is 2.18. The summed E-state index contributed by atoms with van der Waals surface area (Å²) in [6.07, 6.45) is -13.3. The first kappa shape index (κ1) is 26.3. The van der Waals surface area contributed by atoms with Crippen LogP contribution in [0.25, 0.3) is 0 Å². The minimum Gasteiger partial charge on any atom is -0.393 e. The topological polar surface area (TPSA) is 26.3 Å². The van der Waals surface area contributed by atoms with E-state index in [1.54, 1.807) is 0 Å². The van der Waals surface area contributed by atoms with Crippen LogP contribution < -0.4 is 0 Å². The zero-order chi connectivity index (χ0) is 23.0. The quantitative estimate of drug-likeness (QED) is 0.261. The van der Waals surface area contributed by atoms with Gasteiger partial charge in [0.15, 0.2) is 0 Å². The Labute approximate surface area is 148 Å². The van der Waals surface area contributed by atoms with E-state index in [1.165, 1.54) is 6.92 Å².